The third-order valence-corrected chi connectivity index (χ3v) is 3.52. The standard InChI is InChI=1S/C10H16N2O4/c13-9(14)7-6-12(10(15)16)5-2-8(7)11-3-1-4-11/h7-8H,1-6H2,(H,13,14)(H,15,16). The summed E-state index contributed by atoms with van der Waals surface area (Å²) in [6, 6.07) is 0.0156. The van der Waals surface area contributed by atoms with E-state index in [-0.39, 0.29) is 12.6 Å². The van der Waals surface area contributed by atoms with E-state index >= 15 is 0 Å². The van der Waals surface area contributed by atoms with Gasteiger partial charge in [0.15, 0.2) is 0 Å². The second kappa shape index (κ2) is 4.29. The number of carboxylic acids is 1. The summed E-state index contributed by atoms with van der Waals surface area (Å²) in [6.07, 6.45) is 0.725. The first-order valence-corrected chi connectivity index (χ1v) is 5.54. The smallest absolute Gasteiger partial charge is 0.407 e. The maximum atomic E-state index is 11.1. The average Bonchev–Trinajstić information content (AvgIpc) is 2.14. The van der Waals surface area contributed by atoms with E-state index in [0.717, 1.165) is 19.5 Å². The summed E-state index contributed by atoms with van der Waals surface area (Å²) in [7, 11) is 0. The number of rotatable bonds is 2. The van der Waals surface area contributed by atoms with E-state index in [1.807, 2.05) is 0 Å². The van der Waals surface area contributed by atoms with E-state index in [1.165, 1.54) is 4.90 Å². The van der Waals surface area contributed by atoms with Crippen molar-refractivity contribution >= 4 is 12.1 Å². The molecule has 2 fully saturated rings. The van der Waals surface area contributed by atoms with Crippen molar-refractivity contribution in [1.82, 2.24) is 9.80 Å². The van der Waals surface area contributed by atoms with E-state index in [1.54, 1.807) is 0 Å². The molecule has 0 aromatic rings. The summed E-state index contributed by atoms with van der Waals surface area (Å²) >= 11 is 0. The fourth-order valence-corrected chi connectivity index (χ4v) is 2.47. The first-order valence-electron chi connectivity index (χ1n) is 5.54. The van der Waals surface area contributed by atoms with Crippen LogP contribution >= 0.6 is 0 Å². The fourth-order valence-electron chi connectivity index (χ4n) is 2.47. The predicted molar refractivity (Wildman–Crippen MR) is 55.3 cm³/mol. The molecular weight excluding hydrogens is 212 g/mol. The summed E-state index contributed by atoms with van der Waals surface area (Å²) in [5, 5.41) is 18.0. The molecule has 0 radical (unpaired) electrons. The number of hydrogen-bond donors (Lipinski definition) is 2. The van der Waals surface area contributed by atoms with Crippen molar-refractivity contribution in [1.29, 1.82) is 0 Å². The van der Waals surface area contributed by atoms with E-state index < -0.39 is 18.0 Å². The van der Waals surface area contributed by atoms with Crippen LogP contribution in [0.1, 0.15) is 12.8 Å². The van der Waals surface area contributed by atoms with Crippen molar-refractivity contribution in [2.24, 2.45) is 5.92 Å². The summed E-state index contributed by atoms with van der Waals surface area (Å²) in [5.74, 6) is -1.46. The van der Waals surface area contributed by atoms with Crippen molar-refractivity contribution in [2.45, 2.75) is 18.9 Å². The van der Waals surface area contributed by atoms with Gasteiger partial charge in [0.1, 0.15) is 0 Å². The molecular formula is C10H16N2O4. The molecule has 2 unspecified atom stereocenters. The molecule has 90 valence electrons. The second-order valence-electron chi connectivity index (χ2n) is 4.42. The molecule has 0 saturated carbocycles. The van der Waals surface area contributed by atoms with Gasteiger partial charge in [-0.05, 0) is 25.9 Å². The van der Waals surface area contributed by atoms with Gasteiger partial charge in [-0.2, -0.15) is 0 Å². The molecule has 0 aliphatic carbocycles. The molecule has 0 aromatic carbocycles. The van der Waals surface area contributed by atoms with Gasteiger partial charge in [-0.25, -0.2) is 4.79 Å². The van der Waals surface area contributed by atoms with Crippen LogP contribution in [-0.4, -0.2) is 64.3 Å². The Morgan fingerprint density at radius 1 is 1.12 bits per heavy atom. The van der Waals surface area contributed by atoms with Crippen molar-refractivity contribution < 1.29 is 19.8 Å². The molecule has 6 nitrogen and oxygen atoms in total. The number of carbonyl (C=O) groups is 2. The summed E-state index contributed by atoms with van der Waals surface area (Å²) in [6.45, 7) is 2.45. The Kier molecular flexibility index (Phi) is 3.00. The van der Waals surface area contributed by atoms with Crippen LogP contribution in [-0.2, 0) is 4.79 Å². The van der Waals surface area contributed by atoms with Crippen molar-refractivity contribution in [3.63, 3.8) is 0 Å². The Morgan fingerprint density at radius 3 is 2.25 bits per heavy atom. The molecule has 2 heterocycles. The lowest BCUT2D eigenvalue weighted by Crippen LogP contribution is -2.57. The Labute approximate surface area is 93.4 Å². The Balaban J connectivity index is 2.04. The molecule has 2 N–H and O–H groups in total. The number of amides is 1. The van der Waals surface area contributed by atoms with Gasteiger partial charge in [-0.1, -0.05) is 0 Å². The minimum atomic E-state index is -1.02. The number of carboxylic acid groups (broad SMARTS) is 2. The average molecular weight is 228 g/mol. The van der Waals surface area contributed by atoms with Gasteiger partial charge in [0.25, 0.3) is 0 Å². The third-order valence-electron chi connectivity index (χ3n) is 3.52. The summed E-state index contributed by atoms with van der Waals surface area (Å²) < 4.78 is 0. The van der Waals surface area contributed by atoms with Crippen molar-refractivity contribution in [2.75, 3.05) is 26.2 Å². The van der Waals surface area contributed by atoms with Crippen LogP contribution in [0, 0.1) is 5.92 Å². The molecule has 0 spiro atoms. The largest absolute Gasteiger partial charge is 0.481 e. The molecule has 0 aromatic heterocycles. The zero-order valence-electron chi connectivity index (χ0n) is 9.00. The summed E-state index contributed by atoms with van der Waals surface area (Å²) in [5.41, 5.74) is 0. The van der Waals surface area contributed by atoms with Crippen molar-refractivity contribution in [3.05, 3.63) is 0 Å². The molecule has 2 atom stereocenters. The number of nitrogens with zero attached hydrogens (tertiary/aromatic N) is 2. The van der Waals surface area contributed by atoms with Gasteiger partial charge >= 0.3 is 12.1 Å². The van der Waals surface area contributed by atoms with Crippen LogP contribution < -0.4 is 0 Å². The SMILES string of the molecule is O=C(O)C1CN(C(=O)O)CCC1N1CCC1. The predicted octanol–water partition coefficient (Wildman–Crippen LogP) is 0.145. The monoisotopic (exact) mass is 228 g/mol. The maximum absolute atomic E-state index is 11.1. The van der Waals surface area contributed by atoms with E-state index in [9.17, 15) is 9.59 Å². The number of piperidine rings is 1. The Hall–Kier alpha value is -1.30. The normalized spacial score (nSPS) is 30.9. The minimum absolute atomic E-state index is 0.0156. The zero-order chi connectivity index (χ0) is 11.7. The minimum Gasteiger partial charge on any atom is -0.481 e. The zero-order valence-corrected chi connectivity index (χ0v) is 9.00. The third kappa shape index (κ3) is 1.97. The molecule has 2 saturated heterocycles. The highest BCUT2D eigenvalue weighted by atomic mass is 16.4. The highest BCUT2D eigenvalue weighted by Gasteiger charge is 2.40. The molecule has 2 rings (SSSR count). The highest BCUT2D eigenvalue weighted by Crippen LogP contribution is 2.26. The van der Waals surface area contributed by atoms with Gasteiger partial charge < -0.3 is 15.1 Å². The molecule has 2 aliphatic heterocycles. The van der Waals surface area contributed by atoms with Gasteiger partial charge in [0, 0.05) is 19.1 Å². The number of likely N-dealkylation sites (tertiary alicyclic amines) is 2. The lowest BCUT2D eigenvalue weighted by Gasteiger charge is -2.45. The molecule has 6 heteroatoms. The first-order chi connectivity index (χ1) is 7.59. The van der Waals surface area contributed by atoms with Crippen LogP contribution in [0.15, 0.2) is 0 Å². The Morgan fingerprint density at radius 2 is 1.81 bits per heavy atom. The molecule has 2 aliphatic rings. The van der Waals surface area contributed by atoms with Crippen LogP contribution in [0.4, 0.5) is 4.79 Å². The van der Waals surface area contributed by atoms with Crippen LogP contribution in [0.2, 0.25) is 0 Å². The van der Waals surface area contributed by atoms with Gasteiger partial charge in [0.05, 0.1) is 5.92 Å². The van der Waals surface area contributed by atoms with E-state index in [4.69, 9.17) is 10.2 Å². The van der Waals surface area contributed by atoms with E-state index in [2.05, 4.69) is 4.90 Å². The second-order valence-corrected chi connectivity index (χ2v) is 4.42. The fraction of sp³-hybridized carbons (Fsp3) is 0.800. The van der Waals surface area contributed by atoms with Crippen LogP contribution in [0.3, 0.4) is 0 Å². The lowest BCUT2D eigenvalue weighted by atomic mass is 9.89. The topological polar surface area (TPSA) is 81.1 Å². The first kappa shape index (κ1) is 11.2. The summed E-state index contributed by atoms with van der Waals surface area (Å²) in [4.78, 5) is 25.3. The maximum Gasteiger partial charge on any atom is 0.407 e. The van der Waals surface area contributed by atoms with Gasteiger partial charge in [-0.3, -0.25) is 9.69 Å². The van der Waals surface area contributed by atoms with Crippen molar-refractivity contribution in [3.8, 4) is 0 Å². The van der Waals surface area contributed by atoms with Gasteiger partial charge in [0.2, 0.25) is 0 Å². The van der Waals surface area contributed by atoms with E-state index in [0.29, 0.717) is 13.0 Å². The Bertz CT molecular complexity index is 303. The molecule has 0 bridgehead atoms. The van der Waals surface area contributed by atoms with Crippen LogP contribution in [0.5, 0.6) is 0 Å². The number of aliphatic carboxylic acids is 1. The lowest BCUT2D eigenvalue weighted by molar-refractivity contribution is -0.147. The molecule has 16 heavy (non-hydrogen) atoms. The van der Waals surface area contributed by atoms with Crippen LogP contribution in [0.25, 0.3) is 0 Å². The highest BCUT2D eigenvalue weighted by molar-refractivity contribution is 5.73. The quantitative estimate of drug-likeness (QED) is 0.703. The molecule has 1 amide bonds. The van der Waals surface area contributed by atoms with Gasteiger partial charge in [-0.15, -0.1) is 0 Å². The number of hydrogen-bond acceptors (Lipinski definition) is 3.